The van der Waals surface area contributed by atoms with Crippen LogP contribution in [0.15, 0.2) is 30.3 Å². The van der Waals surface area contributed by atoms with E-state index in [-0.39, 0.29) is 5.69 Å². The van der Waals surface area contributed by atoms with Crippen molar-refractivity contribution < 1.29 is 9.90 Å². The Morgan fingerprint density at radius 3 is 2.72 bits per heavy atom. The van der Waals surface area contributed by atoms with Crippen molar-refractivity contribution in [3.8, 4) is 11.4 Å². The van der Waals surface area contributed by atoms with Crippen LogP contribution in [0, 0.1) is 6.92 Å². The summed E-state index contributed by atoms with van der Waals surface area (Å²) >= 11 is 0. The number of rotatable bonds is 3. The average molecular weight is 242 g/mol. The molecule has 1 aromatic carbocycles. The summed E-state index contributed by atoms with van der Waals surface area (Å²) in [5.41, 5.74) is 2.70. The minimum atomic E-state index is -1.03. The van der Waals surface area contributed by atoms with Crippen molar-refractivity contribution in [1.82, 2.24) is 9.97 Å². The summed E-state index contributed by atoms with van der Waals surface area (Å²) in [4.78, 5) is 19.3. The Labute approximate surface area is 105 Å². The summed E-state index contributed by atoms with van der Waals surface area (Å²) in [6.45, 7) is 3.83. The first kappa shape index (κ1) is 12.2. The number of carbonyl (C=O) groups is 1. The first-order valence-electron chi connectivity index (χ1n) is 5.78. The van der Waals surface area contributed by atoms with Gasteiger partial charge < -0.3 is 5.11 Å². The summed E-state index contributed by atoms with van der Waals surface area (Å²) in [6, 6.07) is 9.30. The topological polar surface area (TPSA) is 63.1 Å². The van der Waals surface area contributed by atoms with E-state index in [0.29, 0.717) is 11.5 Å². The predicted molar refractivity (Wildman–Crippen MR) is 68.5 cm³/mol. The molecule has 2 rings (SSSR count). The van der Waals surface area contributed by atoms with Crippen molar-refractivity contribution in [3.05, 3.63) is 47.3 Å². The Balaban J connectivity index is 2.52. The maximum atomic E-state index is 11.0. The number of hydrogen-bond donors (Lipinski definition) is 1. The Bertz CT molecular complexity index is 594. The molecule has 0 spiro atoms. The lowest BCUT2D eigenvalue weighted by Gasteiger charge is -2.05. The quantitative estimate of drug-likeness (QED) is 0.898. The van der Waals surface area contributed by atoms with Crippen molar-refractivity contribution in [2.24, 2.45) is 0 Å². The molecule has 0 radical (unpaired) electrons. The number of aromatic nitrogens is 2. The molecular formula is C14H14N2O2. The molecule has 0 saturated carbocycles. The van der Waals surface area contributed by atoms with Crippen LogP contribution in [-0.4, -0.2) is 21.0 Å². The van der Waals surface area contributed by atoms with Gasteiger partial charge in [-0.25, -0.2) is 14.8 Å². The second-order valence-corrected chi connectivity index (χ2v) is 4.08. The van der Waals surface area contributed by atoms with Crippen LogP contribution in [0.3, 0.4) is 0 Å². The Kier molecular flexibility index (Phi) is 3.37. The first-order chi connectivity index (χ1) is 8.60. The van der Waals surface area contributed by atoms with Gasteiger partial charge in [0.25, 0.3) is 0 Å². The lowest BCUT2D eigenvalue weighted by atomic mass is 10.1. The third kappa shape index (κ3) is 2.53. The molecule has 18 heavy (non-hydrogen) atoms. The molecule has 0 aliphatic heterocycles. The van der Waals surface area contributed by atoms with Gasteiger partial charge in [-0.3, -0.25) is 0 Å². The molecule has 0 fully saturated rings. The summed E-state index contributed by atoms with van der Waals surface area (Å²) < 4.78 is 0. The zero-order valence-electron chi connectivity index (χ0n) is 10.3. The van der Waals surface area contributed by atoms with Gasteiger partial charge in [-0.1, -0.05) is 25.1 Å². The standard InChI is InChI=1S/C14H14N2O2/c1-3-10-5-4-6-11(8-10)13-15-9(2)7-12(16-13)14(17)18/h4-8H,3H2,1-2H3,(H,17,18). The molecule has 92 valence electrons. The van der Waals surface area contributed by atoms with Crippen molar-refractivity contribution in [2.75, 3.05) is 0 Å². The number of nitrogens with zero attached hydrogens (tertiary/aromatic N) is 2. The van der Waals surface area contributed by atoms with Gasteiger partial charge in [0.05, 0.1) is 0 Å². The van der Waals surface area contributed by atoms with Crippen LogP contribution in [0.2, 0.25) is 0 Å². The van der Waals surface area contributed by atoms with E-state index in [1.54, 1.807) is 6.92 Å². The molecule has 0 saturated heterocycles. The van der Waals surface area contributed by atoms with Crippen LogP contribution in [0.4, 0.5) is 0 Å². The molecule has 0 aliphatic carbocycles. The van der Waals surface area contributed by atoms with Crippen LogP contribution < -0.4 is 0 Å². The fourth-order valence-electron chi connectivity index (χ4n) is 1.74. The lowest BCUT2D eigenvalue weighted by molar-refractivity contribution is 0.0690. The lowest BCUT2D eigenvalue weighted by Crippen LogP contribution is -2.04. The normalized spacial score (nSPS) is 10.3. The van der Waals surface area contributed by atoms with Crippen molar-refractivity contribution in [1.29, 1.82) is 0 Å². The molecule has 1 heterocycles. The molecule has 4 heteroatoms. The maximum absolute atomic E-state index is 11.0. The molecule has 0 amide bonds. The SMILES string of the molecule is CCc1cccc(-c2nc(C)cc(C(=O)O)n2)c1. The maximum Gasteiger partial charge on any atom is 0.354 e. The van der Waals surface area contributed by atoms with E-state index >= 15 is 0 Å². The Morgan fingerprint density at radius 1 is 1.28 bits per heavy atom. The van der Waals surface area contributed by atoms with Gasteiger partial charge in [0.15, 0.2) is 11.5 Å². The van der Waals surface area contributed by atoms with Crippen LogP contribution in [0.25, 0.3) is 11.4 Å². The predicted octanol–water partition coefficient (Wildman–Crippen LogP) is 2.71. The molecule has 1 N–H and O–H groups in total. The van der Waals surface area contributed by atoms with E-state index < -0.39 is 5.97 Å². The molecule has 4 nitrogen and oxygen atoms in total. The molecule has 0 bridgehead atoms. The first-order valence-corrected chi connectivity index (χ1v) is 5.78. The van der Waals surface area contributed by atoms with Gasteiger partial charge in [-0.15, -0.1) is 0 Å². The molecule has 0 unspecified atom stereocenters. The van der Waals surface area contributed by atoms with Crippen molar-refractivity contribution >= 4 is 5.97 Å². The van der Waals surface area contributed by atoms with Gasteiger partial charge in [-0.05, 0) is 31.0 Å². The van der Waals surface area contributed by atoms with E-state index in [0.717, 1.165) is 12.0 Å². The summed E-state index contributed by atoms with van der Waals surface area (Å²) in [7, 11) is 0. The Hall–Kier alpha value is -2.23. The number of aromatic carboxylic acids is 1. The number of carboxylic acid groups (broad SMARTS) is 1. The minimum absolute atomic E-state index is 0.0272. The van der Waals surface area contributed by atoms with E-state index in [1.807, 2.05) is 24.3 Å². The second-order valence-electron chi connectivity index (χ2n) is 4.08. The number of hydrogen-bond acceptors (Lipinski definition) is 3. The third-order valence-corrected chi connectivity index (χ3v) is 2.67. The smallest absolute Gasteiger partial charge is 0.354 e. The molecule has 0 atom stereocenters. The molecule has 0 aliphatic rings. The molecular weight excluding hydrogens is 228 g/mol. The molecule has 2 aromatic rings. The van der Waals surface area contributed by atoms with E-state index in [9.17, 15) is 4.79 Å². The summed E-state index contributed by atoms with van der Waals surface area (Å²) in [6.07, 6.45) is 0.922. The largest absolute Gasteiger partial charge is 0.477 e. The minimum Gasteiger partial charge on any atom is -0.477 e. The van der Waals surface area contributed by atoms with Gasteiger partial charge in [0.2, 0.25) is 0 Å². The van der Waals surface area contributed by atoms with Gasteiger partial charge >= 0.3 is 5.97 Å². The van der Waals surface area contributed by atoms with Crippen LogP contribution in [0.1, 0.15) is 28.7 Å². The van der Waals surface area contributed by atoms with Gasteiger partial charge in [-0.2, -0.15) is 0 Å². The van der Waals surface area contributed by atoms with E-state index in [1.165, 1.54) is 11.6 Å². The summed E-state index contributed by atoms with van der Waals surface area (Å²) in [5, 5.41) is 8.99. The van der Waals surface area contributed by atoms with Gasteiger partial charge in [0.1, 0.15) is 0 Å². The van der Waals surface area contributed by atoms with E-state index in [2.05, 4.69) is 16.9 Å². The molecule has 1 aromatic heterocycles. The average Bonchev–Trinajstić information content (AvgIpc) is 2.38. The van der Waals surface area contributed by atoms with Crippen LogP contribution in [0.5, 0.6) is 0 Å². The monoisotopic (exact) mass is 242 g/mol. The fraction of sp³-hybridized carbons (Fsp3) is 0.214. The highest BCUT2D eigenvalue weighted by atomic mass is 16.4. The highest BCUT2D eigenvalue weighted by molar-refractivity contribution is 5.86. The highest BCUT2D eigenvalue weighted by Crippen LogP contribution is 2.18. The highest BCUT2D eigenvalue weighted by Gasteiger charge is 2.10. The van der Waals surface area contributed by atoms with Crippen molar-refractivity contribution in [2.45, 2.75) is 20.3 Å². The van der Waals surface area contributed by atoms with Crippen molar-refractivity contribution in [3.63, 3.8) is 0 Å². The second kappa shape index (κ2) is 4.96. The zero-order chi connectivity index (χ0) is 13.1. The van der Waals surface area contributed by atoms with Crippen LogP contribution >= 0.6 is 0 Å². The summed E-state index contributed by atoms with van der Waals surface area (Å²) in [5.74, 6) is -0.573. The Morgan fingerprint density at radius 2 is 2.06 bits per heavy atom. The van der Waals surface area contributed by atoms with Gasteiger partial charge in [0, 0.05) is 11.3 Å². The zero-order valence-corrected chi connectivity index (χ0v) is 10.3. The fourth-order valence-corrected chi connectivity index (χ4v) is 1.74. The van der Waals surface area contributed by atoms with Crippen LogP contribution in [-0.2, 0) is 6.42 Å². The number of benzene rings is 1. The van der Waals surface area contributed by atoms with E-state index in [4.69, 9.17) is 5.11 Å². The third-order valence-electron chi connectivity index (χ3n) is 2.67. The number of carboxylic acids is 1. The number of aryl methyl sites for hydroxylation is 2.